The van der Waals surface area contributed by atoms with Gasteiger partial charge in [0.1, 0.15) is 5.82 Å². The summed E-state index contributed by atoms with van der Waals surface area (Å²) in [6, 6.07) is 10.9. The van der Waals surface area contributed by atoms with Crippen molar-refractivity contribution in [3.8, 4) is 0 Å². The van der Waals surface area contributed by atoms with Crippen LogP contribution in [0.25, 0.3) is 0 Å². The van der Waals surface area contributed by atoms with Crippen LogP contribution in [0.3, 0.4) is 0 Å². The van der Waals surface area contributed by atoms with Crippen LogP contribution in [-0.4, -0.2) is 28.1 Å². The molecule has 0 saturated heterocycles. The Morgan fingerprint density at radius 1 is 1.16 bits per heavy atom. The summed E-state index contributed by atoms with van der Waals surface area (Å²) < 4.78 is 2.18. The van der Waals surface area contributed by atoms with Crippen LogP contribution < -0.4 is 11.1 Å². The van der Waals surface area contributed by atoms with Crippen LogP contribution in [0.5, 0.6) is 0 Å². The minimum Gasteiger partial charge on any atom is -0.370 e. The van der Waals surface area contributed by atoms with E-state index in [9.17, 15) is 0 Å². The zero-order chi connectivity index (χ0) is 17.3. The number of imidazole rings is 1. The van der Waals surface area contributed by atoms with Gasteiger partial charge < -0.3 is 15.6 Å². The second-order valence-corrected chi connectivity index (χ2v) is 6.81. The van der Waals surface area contributed by atoms with Crippen LogP contribution in [0, 0.1) is 0 Å². The number of nitrogens with two attached hydrogens (primary N) is 1. The van der Waals surface area contributed by atoms with Gasteiger partial charge in [0.2, 0.25) is 0 Å². The first-order chi connectivity index (χ1) is 12.3. The molecule has 2 aromatic rings. The Kier molecular flexibility index (Phi) is 6.48. The molecule has 0 unspecified atom stereocenters. The van der Waals surface area contributed by atoms with Crippen LogP contribution in [0.2, 0.25) is 0 Å². The van der Waals surface area contributed by atoms with Crippen molar-refractivity contribution in [3.63, 3.8) is 0 Å². The van der Waals surface area contributed by atoms with Crippen LogP contribution in [-0.2, 0) is 13.0 Å². The average Bonchev–Trinajstić information content (AvgIpc) is 2.89. The number of aromatic nitrogens is 2. The molecule has 25 heavy (non-hydrogen) atoms. The Bertz CT molecular complexity index is 654. The van der Waals surface area contributed by atoms with E-state index >= 15 is 0 Å². The van der Waals surface area contributed by atoms with Gasteiger partial charge in [-0.2, -0.15) is 0 Å². The molecule has 1 saturated carbocycles. The van der Waals surface area contributed by atoms with E-state index in [1.54, 1.807) is 0 Å². The average molecular weight is 339 g/mol. The quantitative estimate of drug-likeness (QED) is 0.483. The molecule has 1 aliphatic carbocycles. The largest absolute Gasteiger partial charge is 0.370 e. The molecular formula is C20H29N5. The second kappa shape index (κ2) is 9.25. The molecule has 5 heteroatoms. The highest BCUT2D eigenvalue weighted by Gasteiger charge is 2.12. The van der Waals surface area contributed by atoms with E-state index in [-0.39, 0.29) is 0 Å². The lowest BCUT2D eigenvalue weighted by molar-refractivity contribution is 0.530. The number of aliphatic imine (C=N–C) groups is 1. The molecule has 3 N–H and O–H groups in total. The van der Waals surface area contributed by atoms with Gasteiger partial charge in [0.05, 0.1) is 0 Å². The van der Waals surface area contributed by atoms with Crippen molar-refractivity contribution in [2.24, 2.45) is 10.7 Å². The third-order valence-corrected chi connectivity index (χ3v) is 4.82. The van der Waals surface area contributed by atoms with Crippen molar-refractivity contribution in [2.45, 2.75) is 57.5 Å². The third kappa shape index (κ3) is 5.62. The summed E-state index contributed by atoms with van der Waals surface area (Å²) in [5.41, 5.74) is 7.35. The monoisotopic (exact) mass is 339 g/mol. The molecule has 0 radical (unpaired) electrons. The summed E-state index contributed by atoms with van der Waals surface area (Å²) in [5, 5.41) is 3.39. The number of nitrogens with zero attached hydrogens (tertiary/aromatic N) is 3. The molecule has 5 nitrogen and oxygen atoms in total. The van der Waals surface area contributed by atoms with Crippen molar-refractivity contribution in [1.29, 1.82) is 0 Å². The lowest BCUT2D eigenvalue weighted by Crippen LogP contribution is -2.40. The normalized spacial score (nSPS) is 16.6. The van der Waals surface area contributed by atoms with Gasteiger partial charge in [0.25, 0.3) is 0 Å². The molecule has 1 aromatic carbocycles. The topological polar surface area (TPSA) is 68.2 Å². The van der Waals surface area contributed by atoms with Crippen LogP contribution >= 0.6 is 0 Å². The minimum atomic E-state index is 0.492. The zero-order valence-corrected chi connectivity index (χ0v) is 14.9. The van der Waals surface area contributed by atoms with E-state index in [1.807, 2.05) is 18.5 Å². The molecule has 1 aliphatic rings. The standard InChI is InChI=1S/C20H29N5/c21-20(24-18-10-6-1-2-7-11-18)23-13-12-19-22-14-15-25(19)16-17-8-4-3-5-9-17/h3-5,8-9,14-15,18H,1-2,6-7,10-13,16H2,(H3,21,23,24). The first-order valence-electron chi connectivity index (χ1n) is 9.41. The molecule has 0 bridgehead atoms. The molecule has 0 spiro atoms. The zero-order valence-electron chi connectivity index (χ0n) is 14.9. The molecule has 0 amide bonds. The Balaban J connectivity index is 1.49. The Morgan fingerprint density at radius 2 is 1.92 bits per heavy atom. The van der Waals surface area contributed by atoms with Gasteiger partial charge in [-0.05, 0) is 18.4 Å². The SMILES string of the molecule is NC(=NCCc1nccn1Cc1ccccc1)NC1CCCCCC1. The van der Waals surface area contributed by atoms with E-state index in [0.29, 0.717) is 18.5 Å². The maximum atomic E-state index is 6.07. The Morgan fingerprint density at radius 3 is 2.68 bits per heavy atom. The van der Waals surface area contributed by atoms with Crippen LogP contribution in [0.1, 0.15) is 49.9 Å². The molecule has 1 heterocycles. The number of nitrogens with one attached hydrogen (secondary N) is 1. The van der Waals surface area contributed by atoms with Crippen molar-refractivity contribution in [3.05, 3.63) is 54.1 Å². The summed E-state index contributed by atoms with van der Waals surface area (Å²) in [5.74, 6) is 1.63. The van der Waals surface area contributed by atoms with Crippen molar-refractivity contribution in [1.82, 2.24) is 14.9 Å². The van der Waals surface area contributed by atoms with E-state index in [4.69, 9.17) is 5.73 Å². The van der Waals surface area contributed by atoms with Crippen LogP contribution in [0.15, 0.2) is 47.7 Å². The van der Waals surface area contributed by atoms with Gasteiger partial charge in [-0.1, -0.05) is 56.0 Å². The predicted molar refractivity (Wildman–Crippen MR) is 103 cm³/mol. The van der Waals surface area contributed by atoms with Gasteiger partial charge >= 0.3 is 0 Å². The van der Waals surface area contributed by atoms with Gasteiger partial charge in [-0.3, -0.25) is 4.99 Å². The predicted octanol–water partition coefficient (Wildman–Crippen LogP) is 3.10. The van der Waals surface area contributed by atoms with E-state index < -0.39 is 0 Å². The fourth-order valence-electron chi connectivity index (χ4n) is 3.45. The highest BCUT2D eigenvalue weighted by atomic mass is 15.1. The van der Waals surface area contributed by atoms with Gasteiger partial charge in [0.15, 0.2) is 5.96 Å². The molecule has 134 valence electrons. The first kappa shape index (κ1) is 17.5. The summed E-state index contributed by atoms with van der Waals surface area (Å²) in [7, 11) is 0. The Hall–Kier alpha value is -2.30. The third-order valence-electron chi connectivity index (χ3n) is 4.82. The lowest BCUT2D eigenvalue weighted by atomic mass is 10.1. The highest BCUT2D eigenvalue weighted by molar-refractivity contribution is 5.78. The van der Waals surface area contributed by atoms with E-state index in [0.717, 1.165) is 18.8 Å². The summed E-state index contributed by atoms with van der Waals surface area (Å²) in [6.07, 6.45) is 12.4. The minimum absolute atomic E-state index is 0.492. The molecule has 1 fully saturated rings. The number of guanidine groups is 1. The first-order valence-corrected chi connectivity index (χ1v) is 9.41. The van der Waals surface area contributed by atoms with Crippen molar-refractivity contribution < 1.29 is 0 Å². The Labute approximate surface area is 150 Å². The second-order valence-electron chi connectivity index (χ2n) is 6.81. The molecule has 0 atom stereocenters. The van der Waals surface area contributed by atoms with Crippen molar-refractivity contribution >= 4 is 5.96 Å². The van der Waals surface area contributed by atoms with Gasteiger partial charge in [-0.25, -0.2) is 4.98 Å². The number of benzene rings is 1. The van der Waals surface area contributed by atoms with E-state index in [1.165, 1.54) is 44.1 Å². The molecule has 3 rings (SSSR count). The molecule has 1 aromatic heterocycles. The van der Waals surface area contributed by atoms with E-state index in [2.05, 4.69) is 44.1 Å². The summed E-state index contributed by atoms with van der Waals surface area (Å²) in [6.45, 7) is 1.51. The fourth-order valence-corrected chi connectivity index (χ4v) is 3.45. The maximum absolute atomic E-state index is 6.07. The molecule has 0 aliphatic heterocycles. The smallest absolute Gasteiger partial charge is 0.188 e. The van der Waals surface area contributed by atoms with Crippen molar-refractivity contribution in [2.75, 3.05) is 6.54 Å². The van der Waals surface area contributed by atoms with Gasteiger partial charge in [-0.15, -0.1) is 0 Å². The lowest BCUT2D eigenvalue weighted by Gasteiger charge is -2.16. The highest BCUT2D eigenvalue weighted by Crippen LogP contribution is 2.16. The maximum Gasteiger partial charge on any atom is 0.188 e. The molecular weight excluding hydrogens is 310 g/mol. The summed E-state index contributed by atoms with van der Waals surface area (Å²) >= 11 is 0. The number of rotatable bonds is 6. The number of hydrogen-bond donors (Lipinski definition) is 2. The van der Waals surface area contributed by atoms with Crippen LogP contribution in [0.4, 0.5) is 0 Å². The summed E-state index contributed by atoms with van der Waals surface area (Å²) in [4.78, 5) is 8.97. The number of hydrogen-bond acceptors (Lipinski definition) is 2. The fraction of sp³-hybridized carbons (Fsp3) is 0.500. The van der Waals surface area contributed by atoms with Gasteiger partial charge in [0, 0.05) is 37.9 Å².